The molecule has 0 aromatic heterocycles. The van der Waals surface area contributed by atoms with Crippen LogP contribution in [0.15, 0.2) is 42.5 Å². The van der Waals surface area contributed by atoms with Crippen molar-refractivity contribution < 1.29 is 19.4 Å². The fraction of sp³-hybridized carbons (Fsp3) is 0.364. The number of rotatable bonds is 5. The minimum absolute atomic E-state index is 0.00198. The zero-order valence-electron chi connectivity index (χ0n) is 15.9. The molecule has 1 unspecified atom stereocenters. The first kappa shape index (κ1) is 18.7. The lowest BCUT2D eigenvalue weighted by Gasteiger charge is -2.26. The standard InChI is InChI=1S/C22H24N2O4/c1-15(22(26)27)17-4-6-19(7-5-17)24-14-18-3-2-16(12-20(18)21(24)25)13-23-8-10-28-11-9-23/h2-7,12,15H,8-11,13-14H2,1H3,(H,26,27). The number of anilines is 1. The average Bonchev–Trinajstić information content (AvgIpc) is 3.04. The topological polar surface area (TPSA) is 70.1 Å². The van der Waals surface area contributed by atoms with Crippen LogP contribution in [0.3, 0.4) is 0 Å². The number of aliphatic carboxylic acids is 1. The van der Waals surface area contributed by atoms with Gasteiger partial charge in [-0.3, -0.25) is 14.5 Å². The Morgan fingerprint density at radius 2 is 1.86 bits per heavy atom. The molecule has 2 aliphatic heterocycles. The van der Waals surface area contributed by atoms with Gasteiger partial charge in [-0.05, 0) is 41.8 Å². The lowest BCUT2D eigenvalue weighted by Crippen LogP contribution is -2.35. The summed E-state index contributed by atoms with van der Waals surface area (Å²) in [5, 5.41) is 9.15. The number of benzene rings is 2. The Hall–Kier alpha value is -2.70. The van der Waals surface area contributed by atoms with Crippen molar-refractivity contribution in [2.75, 3.05) is 31.2 Å². The summed E-state index contributed by atoms with van der Waals surface area (Å²) in [6, 6.07) is 13.4. The summed E-state index contributed by atoms with van der Waals surface area (Å²) < 4.78 is 5.39. The molecule has 2 aromatic rings. The lowest BCUT2D eigenvalue weighted by atomic mass is 10.0. The molecular formula is C22H24N2O4. The summed E-state index contributed by atoms with van der Waals surface area (Å²) in [5.41, 5.74) is 4.44. The third-order valence-electron chi connectivity index (χ3n) is 5.56. The molecule has 1 fully saturated rings. The molecule has 1 saturated heterocycles. The van der Waals surface area contributed by atoms with E-state index in [2.05, 4.69) is 11.0 Å². The number of amides is 1. The minimum Gasteiger partial charge on any atom is -0.481 e. The Kier molecular flexibility index (Phi) is 5.15. The Bertz CT molecular complexity index is 888. The fourth-order valence-corrected chi connectivity index (χ4v) is 3.76. The number of carboxylic acid groups (broad SMARTS) is 1. The molecule has 6 heteroatoms. The first-order valence-corrected chi connectivity index (χ1v) is 9.59. The molecule has 146 valence electrons. The molecule has 0 spiro atoms. The summed E-state index contributed by atoms with van der Waals surface area (Å²) in [7, 11) is 0. The van der Waals surface area contributed by atoms with Gasteiger partial charge in [-0.1, -0.05) is 24.3 Å². The number of carboxylic acids is 1. The summed E-state index contributed by atoms with van der Waals surface area (Å²) in [6.07, 6.45) is 0. The first-order chi connectivity index (χ1) is 13.5. The van der Waals surface area contributed by atoms with Crippen molar-refractivity contribution in [3.05, 3.63) is 64.7 Å². The smallest absolute Gasteiger partial charge is 0.310 e. The van der Waals surface area contributed by atoms with Crippen molar-refractivity contribution in [1.29, 1.82) is 0 Å². The Labute approximate surface area is 164 Å². The van der Waals surface area contributed by atoms with Gasteiger partial charge in [-0.2, -0.15) is 0 Å². The van der Waals surface area contributed by atoms with E-state index in [9.17, 15) is 9.59 Å². The van der Waals surface area contributed by atoms with Crippen LogP contribution in [0.5, 0.6) is 0 Å². The highest BCUT2D eigenvalue weighted by Gasteiger charge is 2.29. The zero-order chi connectivity index (χ0) is 19.7. The Balaban J connectivity index is 1.50. The van der Waals surface area contributed by atoms with Gasteiger partial charge in [0, 0.05) is 30.9 Å². The Morgan fingerprint density at radius 3 is 2.54 bits per heavy atom. The molecule has 1 amide bonds. The average molecular weight is 380 g/mol. The van der Waals surface area contributed by atoms with Gasteiger partial charge in [-0.25, -0.2) is 0 Å². The molecule has 6 nitrogen and oxygen atoms in total. The van der Waals surface area contributed by atoms with Crippen LogP contribution in [0.1, 0.15) is 39.9 Å². The number of morpholine rings is 1. The number of nitrogens with zero attached hydrogens (tertiary/aromatic N) is 2. The zero-order valence-corrected chi connectivity index (χ0v) is 15.9. The van der Waals surface area contributed by atoms with Gasteiger partial charge in [0.1, 0.15) is 0 Å². The van der Waals surface area contributed by atoms with E-state index in [-0.39, 0.29) is 5.91 Å². The van der Waals surface area contributed by atoms with E-state index in [1.165, 1.54) is 0 Å². The van der Waals surface area contributed by atoms with E-state index in [0.29, 0.717) is 6.54 Å². The van der Waals surface area contributed by atoms with Gasteiger partial charge < -0.3 is 14.7 Å². The van der Waals surface area contributed by atoms with Crippen LogP contribution in [-0.2, 0) is 22.6 Å². The minimum atomic E-state index is -0.856. The van der Waals surface area contributed by atoms with Gasteiger partial charge in [-0.15, -0.1) is 0 Å². The van der Waals surface area contributed by atoms with E-state index in [1.54, 1.807) is 24.0 Å². The van der Waals surface area contributed by atoms with Gasteiger partial charge in [0.15, 0.2) is 0 Å². The first-order valence-electron chi connectivity index (χ1n) is 9.59. The second kappa shape index (κ2) is 7.73. The number of carbonyl (C=O) groups excluding carboxylic acids is 1. The van der Waals surface area contributed by atoms with Crippen molar-refractivity contribution in [3.8, 4) is 0 Å². The van der Waals surface area contributed by atoms with Crippen LogP contribution in [-0.4, -0.2) is 48.2 Å². The maximum atomic E-state index is 13.0. The van der Waals surface area contributed by atoms with Crippen molar-refractivity contribution in [1.82, 2.24) is 4.90 Å². The summed E-state index contributed by atoms with van der Waals surface area (Å²) >= 11 is 0. The molecule has 2 heterocycles. The molecule has 0 aliphatic carbocycles. The molecule has 2 aromatic carbocycles. The normalized spacial score (nSPS) is 18.2. The molecule has 4 rings (SSSR count). The van der Waals surface area contributed by atoms with E-state index in [0.717, 1.165) is 60.8 Å². The highest BCUT2D eigenvalue weighted by molar-refractivity contribution is 6.10. The summed E-state index contributed by atoms with van der Waals surface area (Å²) in [5.74, 6) is -1.42. The quantitative estimate of drug-likeness (QED) is 0.864. The Morgan fingerprint density at radius 1 is 1.14 bits per heavy atom. The number of carbonyl (C=O) groups is 2. The monoisotopic (exact) mass is 380 g/mol. The summed E-state index contributed by atoms with van der Waals surface area (Å²) in [4.78, 5) is 28.2. The van der Waals surface area contributed by atoms with Gasteiger partial charge >= 0.3 is 5.97 Å². The molecule has 1 atom stereocenters. The highest BCUT2D eigenvalue weighted by atomic mass is 16.5. The van der Waals surface area contributed by atoms with Crippen LogP contribution in [0.25, 0.3) is 0 Å². The molecule has 0 saturated carbocycles. The highest BCUT2D eigenvalue weighted by Crippen LogP contribution is 2.30. The van der Waals surface area contributed by atoms with E-state index in [1.807, 2.05) is 24.3 Å². The van der Waals surface area contributed by atoms with E-state index >= 15 is 0 Å². The number of hydrogen-bond acceptors (Lipinski definition) is 4. The summed E-state index contributed by atoms with van der Waals surface area (Å²) in [6.45, 7) is 6.37. The van der Waals surface area contributed by atoms with E-state index in [4.69, 9.17) is 9.84 Å². The van der Waals surface area contributed by atoms with Crippen LogP contribution >= 0.6 is 0 Å². The molecular weight excluding hydrogens is 356 g/mol. The maximum absolute atomic E-state index is 13.0. The fourth-order valence-electron chi connectivity index (χ4n) is 3.76. The number of ether oxygens (including phenoxy) is 1. The molecule has 28 heavy (non-hydrogen) atoms. The largest absolute Gasteiger partial charge is 0.481 e. The molecule has 0 bridgehead atoms. The van der Waals surface area contributed by atoms with Crippen molar-refractivity contribution >= 4 is 17.6 Å². The third-order valence-corrected chi connectivity index (χ3v) is 5.56. The second-order valence-electron chi connectivity index (χ2n) is 7.42. The second-order valence-corrected chi connectivity index (χ2v) is 7.42. The SMILES string of the molecule is CC(C(=O)O)c1ccc(N2Cc3ccc(CN4CCOCC4)cc3C2=O)cc1. The van der Waals surface area contributed by atoms with Crippen LogP contribution in [0.2, 0.25) is 0 Å². The predicted octanol–water partition coefficient (Wildman–Crippen LogP) is 2.87. The third kappa shape index (κ3) is 3.66. The number of fused-ring (bicyclic) bond motifs is 1. The van der Waals surface area contributed by atoms with Crippen molar-refractivity contribution in [3.63, 3.8) is 0 Å². The van der Waals surface area contributed by atoms with Crippen molar-refractivity contribution in [2.45, 2.75) is 25.9 Å². The predicted molar refractivity (Wildman–Crippen MR) is 106 cm³/mol. The number of hydrogen-bond donors (Lipinski definition) is 1. The van der Waals surface area contributed by atoms with Crippen LogP contribution in [0.4, 0.5) is 5.69 Å². The van der Waals surface area contributed by atoms with E-state index < -0.39 is 11.9 Å². The van der Waals surface area contributed by atoms with Crippen molar-refractivity contribution in [2.24, 2.45) is 0 Å². The molecule has 2 aliphatic rings. The van der Waals surface area contributed by atoms with Gasteiger partial charge in [0.2, 0.25) is 0 Å². The van der Waals surface area contributed by atoms with Gasteiger partial charge in [0.05, 0.1) is 25.7 Å². The van der Waals surface area contributed by atoms with Gasteiger partial charge in [0.25, 0.3) is 5.91 Å². The molecule has 0 radical (unpaired) electrons. The lowest BCUT2D eigenvalue weighted by molar-refractivity contribution is -0.138. The van der Waals surface area contributed by atoms with Crippen LogP contribution in [0, 0.1) is 0 Å². The maximum Gasteiger partial charge on any atom is 0.310 e. The van der Waals surface area contributed by atoms with Crippen LogP contribution < -0.4 is 4.90 Å². The molecule has 1 N–H and O–H groups in total.